The largest absolute Gasteiger partial charge is 0.381 e. The van der Waals surface area contributed by atoms with Gasteiger partial charge < -0.3 is 4.74 Å². The van der Waals surface area contributed by atoms with Crippen LogP contribution in [-0.4, -0.2) is 28.4 Å². The van der Waals surface area contributed by atoms with Crippen LogP contribution in [0.5, 0.6) is 0 Å². The van der Waals surface area contributed by atoms with Gasteiger partial charge in [-0.1, -0.05) is 30.3 Å². The molecular formula is C15H16N4O. The van der Waals surface area contributed by atoms with Crippen LogP contribution in [0.3, 0.4) is 0 Å². The Morgan fingerprint density at radius 1 is 1.25 bits per heavy atom. The lowest BCUT2D eigenvalue weighted by molar-refractivity contribution is 0.0605. The van der Waals surface area contributed by atoms with Crippen molar-refractivity contribution in [1.29, 1.82) is 5.26 Å². The Balaban J connectivity index is 2.03. The maximum Gasteiger partial charge on any atom is 0.161 e. The van der Waals surface area contributed by atoms with Crippen LogP contribution in [0.1, 0.15) is 30.1 Å². The van der Waals surface area contributed by atoms with E-state index in [1.807, 2.05) is 18.2 Å². The van der Waals surface area contributed by atoms with Gasteiger partial charge in [-0.3, -0.25) is 5.10 Å². The van der Waals surface area contributed by atoms with E-state index in [-0.39, 0.29) is 11.8 Å². The first-order valence-corrected chi connectivity index (χ1v) is 6.77. The smallest absolute Gasteiger partial charge is 0.161 e. The summed E-state index contributed by atoms with van der Waals surface area (Å²) in [5.74, 6) is 1.40. The van der Waals surface area contributed by atoms with E-state index in [0.29, 0.717) is 19.0 Å². The third-order valence-corrected chi connectivity index (χ3v) is 3.88. The molecule has 2 aromatic rings. The van der Waals surface area contributed by atoms with E-state index in [2.05, 4.69) is 33.4 Å². The maximum atomic E-state index is 8.76. The van der Waals surface area contributed by atoms with Gasteiger partial charge in [0, 0.05) is 13.2 Å². The van der Waals surface area contributed by atoms with E-state index in [0.717, 1.165) is 18.7 Å². The summed E-state index contributed by atoms with van der Waals surface area (Å²) in [6, 6.07) is 12.4. The Kier molecular flexibility index (Phi) is 3.48. The monoisotopic (exact) mass is 268 g/mol. The predicted molar refractivity (Wildman–Crippen MR) is 73.0 cm³/mol. The number of nitrogens with zero attached hydrogens (tertiary/aromatic N) is 3. The van der Waals surface area contributed by atoms with E-state index in [9.17, 15) is 0 Å². The number of aromatic nitrogens is 3. The van der Waals surface area contributed by atoms with Gasteiger partial charge in [0.2, 0.25) is 0 Å². The Morgan fingerprint density at radius 2 is 2.00 bits per heavy atom. The number of ether oxygens (including phenoxy) is 1. The number of rotatable bonds is 3. The number of benzene rings is 1. The van der Waals surface area contributed by atoms with Gasteiger partial charge in [-0.05, 0) is 18.4 Å². The molecule has 0 atom stereocenters. The van der Waals surface area contributed by atoms with Crippen LogP contribution in [0.15, 0.2) is 30.3 Å². The van der Waals surface area contributed by atoms with Crippen LogP contribution < -0.4 is 0 Å². The van der Waals surface area contributed by atoms with E-state index < -0.39 is 0 Å². The minimum Gasteiger partial charge on any atom is -0.381 e. The number of nitriles is 1. The number of hydrogen-bond acceptors (Lipinski definition) is 4. The SMILES string of the molecule is N#CCc1nc(C2(c3ccccc3)CCOCC2)n[nH]1. The molecule has 0 spiro atoms. The molecule has 5 heteroatoms. The van der Waals surface area contributed by atoms with Gasteiger partial charge in [-0.2, -0.15) is 10.4 Å². The molecule has 1 saturated heterocycles. The lowest BCUT2D eigenvalue weighted by atomic mass is 9.73. The highest BCUT2D eigenvalue weighted by molar-refractivity contribution is 5.33. The maximum absolute atomic E-state index is 8.76. The van der Waals surface area contributed by atoms with Gasteiger partial charge in [0.1, 0.15) is 5.82 Å². The summed E-state index contributed by atoms with van der Waals surface area (Å²) >= 11 is 0. The summed E-state index contributed by atoms with van der Waals surface area (Å²) in [5, 5.41) is 16.0. The van der Waals surface area contributed by atoms with Gasteiger partial charge in [0.25, 0.3) is 0 Å². The Hall–Kier alpha value is -2.19. The molecule has 102 valence electrons. The number of aromatic amines is 1. The van der Waals surface area contributed by atoms with Gasteiger partial charge >= 0.3 is 0 Å². The minimum absolute atomic E-state index is 0.205. The molecule has 3 rings (SSSR count). The molecule has 1 aliphatic heterocycles. The van der Waals surface area contributed by atoms with Crippen molar-refractivity contribution in [3.8, 4) is 6.07 Å². The summed E-state index contributed by atoms with van der Waals surface area (Å²) in [4.78, 5) is 4.53. The molecule has 0 saturated carbocycles. The molecule has 1 fully saturated rings. The average Bonchev–Trinajstić information content (AvgIpc) is 2.98. The summed E-state index contributed by atoms with van der Waals surface area (Å²) in [7, 11) is 0. The third-order valence-electron chi connectivity index (χ3n) is 3.88. The van der Waals surface area contributed by atoms with Crippen molar-refractivity contribution < 1.29 is 4.74 Å². The predicted octanol–water partition coefficient (Wildman–Crippen LogP) is 1.97. The number of H-pyrrole nitrogens is 1. The van der Waals surface area contributed by atoms with E-state index in [4.69, 9.17) is 10.00 Å². The molecule has 0 radical (unpaired) electrons. The highest BCUT2D eigenvalue weighted by atomic mass is 16.5. The molecule has 2 heterocycles. The van der Waals surface area contributed by atoms with Crippen molar-refractivity contribution in [2.45, 2.75) is 24.7 Å². The standard InChI is InChI=1S/C15H16N4O/c16-9-6-13-17-14(19-18-13)15(7-10-20-11-8-15)12-4-2-1-3-5-12/h1-5H,6-8,10-11H2,(H,17,18,19). The van der Waals surface area contributed by atoms with Crippen molar-refractivity contribution in [2.75, 3.05) is 13.2 Å². The molecule has 5 nitrogen and oxygen atoms in total. The first-order valence-electron chi connectivity index (χ1n) is 6.77. The van der Waals surface area contributed by atoms with Crippen LogP contribution in [-0.2, 0) is 16.6 Å². The molecular weight excluding hydrogens is 252 g/mol. The lowest BCUT2D eigenvalue weighted by Crippen LogP contribution is -2.36. The first-order chi connectivity index (χ1) is 9.85. The fourth-order valence-electron chi connectivity index (χ4n) is 2.78. The van der Waals surface area contributed by atoms with Gasteiger partial charge in [-0.25, -0.2) is 4.98 Å². The Morgan fingerprint density at radius 3 is 2.70 bits per heavy atom. The van der Waals surface area contributed by atoms with Crippen LogP contribution >= 0.6 is 0 Å². The minimum atomic E-state index is -0.205. The highest BCUT2D eigenvalue weighted by Gasteiger charge is 2.39. The van der Waals surface area contributed by atoms with Crippen molar-refractivity contribution in [2.24, 2.45) is 0 Å². The number of hydrogen-bond donors (Lipinski definition) is 1. The zero-order valence-corrected chi connectivity index (χ0v) is 11.2. The molecule has 1 aliphatic rings. The second kappa shape index (κ2) is 5.43. The van der Waals surface area contributed by atoms with E-state index in [1.54, 1.807) is 0 Å². The molecule has 1 aromatic heterocycles. The Bertz CT molecular complexity index is 608. The quantitative estimate of drug-likeness (QED) is 0.923. The summed E-state index contributed by atoms with van der Waals surface area (Å²) in [6.45, 7) is 1.41. The van der Waals surface area contributed by atoms with E-state index in [1.165, 1.54) is 5.56 Å². The normalized spacial score (nSPS) is 17.6. The fourth-order valence-corrected chi connectivity index (χ4v) is 2.78. The Labute approximate surface area is 117 Å². The van der Waals surface area contributed by atoms with Crippen LogP contribution in [0.2, 0.25) is 0 Å². The second-order valence-corrected chi connectivity index (χ2v) is 5.00. The first kappa shape index (κ1) is 12.8. The zero-order chi connectivity index (χ0) is 13.8. The lowest BCUT2D eigenvalue weighted by Gasteiger charge is -2.35. The average molecular weight is 268 g/mol. The van der Waals surface area contributed by atoms with Crippen molar-refractivity contribution in [1.82, 2.24) is 15.2 Å². The molecule has 1 aromatic carbocycles. The molecule has 1 N–H and O–H groups in total. The fraction of sp³-hybridized carbons (Fsp3) is 0.400. The topological polar surface area (TPSA) is 74.6 Å². The van der Waals surface area contributed by atoms with Crippen LogP contribution in [0, 0.1) is 11.3 Å². The summed E-state index contributed by atoms with van der Waals surface area (Å²) < 4.78 is 5.50. The third kappa shape index (κ3) is 2.19. The summed E-state index contributed by atoms with van der Waals surface area (Å²) in [5.41, 5.74) is 1.01. The van der Waals surface area contributed by atoms with Crippen molar-refractivity contribution in [3.05, 3.63) is 47.5 Å². The van der Waals surface area contributed by atoms with E-state index >= 15 is 0 Å². The zero-order valence-electron chi connectivity index (χ0n) is 11.2. The van der Waals surface area contributed by atoms with Crippen molar-refractivity contribution in [3.63, 3.8) is 0 Å². The summed E-state index contributed by atoms with van der Waals surface area (Å²) in [6.07, 6.45) is 1.98. The van der Waals surface area contributed by atoms with Gasteiger partial charge in [-0.15, -0.1) is 0 Å². The highest BCUT2D eigenvalue weighted by Crippen LogP contribution is 2.39. The van der Waals surface area contributed by atoms with Crippen molar-refractivity contribution >= 4 is 0 Å². The molecule has 0 bridgehead atoms. The molecule has 20 heavy (non-hydrogen) atoms. The number of nitrogens with one attached hydrogen (secondary N) is 1. The van der Waals surface area contributed by atoms with Crippen LogP contribution in [0.4, 0.5) is 0 Å². The van der Waals surface area contributed by atoms with Crippen LogP contribution in [0.25, 0.3) is 0 Å². The second-order valence-electron chi connectivity index (χ2n) is 5.00. The molecule has 0 unspecified atom stereocenters. The van der Waals surface area contributed by atoms with Gasteiger partial charge in [0.15, 0.2) is 5.82 Å². The molecule has 0 aliphatic carbocycles. The molecule has 0 amide bonds. The van der Waals surface area contributed by atoms with Gasteiger partial charge in [0.05, 0.1) is 17.9 Å².